The predicted octanol–water partition coefficient (Wildman–Crippen LogP) is 4.66. The highest BCUT2D eigenvalue weighted by Gasteiger charge is 2.44. The maximum Gasteiger partial charge on any atom is 0.408 e. The van der Waals surface area contributed by atoms with Gasteiger partial charge in [-0.05, 0) is 36.0 Å². The fourth-order valence-corrected chi connectivity index (χ4v) is 4.77. The highest BCUT2D eigenvalue weighted by molar-refractivity contribution is 5.81. The van der Waals surface area contributed by atoms with E-state index in [0.29, 0.717) is 33.6 Å². The molecule has 4 heterocycles. The smallest absolute Gasteiger partial charge is 0.408 e. The third-order valence-corrected chi connectivity index (χ3v) is 6.53. The molecule has 9 nitrogen and oxygen atoms in total. The molecule has 2 atom stereocenters. The lowest BCUT2D eigenvalue weighted by Crippen LogP contribution is -2.19. The maximum atomic E-state index is 15.6. The molecule has 0 spiro atoms. The van der Waals surface area contributed by atoms with Crippen LogP contribution in [0.5, 0.6) is 11.9 Å². The Labute approximate surface area is 210 Å². The molecule has 0 radical (unpaired) electrons. The SMILES string of the molecule is COc1ncc(-c2cc(C3C[C@@H]3c3cc(F)c4cnn(CC(F)(F)F)c4c3F)c3nccn3n2)c(OC)n1. The molecule has 0 aliphatic heterocycles. The second-order valence-electron chi connectivity index (χ2n) is 8.85. The molecule has 0 bridgehead atoms. The maximum absolute atomic E-state index is 15.6. The van der Waals surface area contributed by atoms with Crippen molar-refractivity contribution in [3.05, 3.63) is 59.7 Å². The summed E-state index contributed by atoms with van der Waals surface area (Å²) in [6.07, 6.45) is 1.37. The van der Waals surface area contributed by atoms with E-state index in [1.54, 1.807) is 23.0 Å². The third-order valence-electron chi connectivity index (χ3n) is 6.53. The van der Waals surface area contributed by atoms with E-state index in [2.05, 4.69) is 25.1 Å². The minimum atomic E-state index is -4.65. The summed E-state index contributed by atoms with van der Waals surface area (Å²) in [4.78, 5) is 12.7. The summed E-state index contributed by atoms with van der Waals surface area (Å²) < 4.78 is 81.9. The Morgan fingerprint density at radius 1 is 1.03 bits per heavy atom. The Hall–Kier alpha value is -4.36. The molecular formula is C24H18F5N7O2. The minimum Gasteiger partial charge on any atom is -0.480 e. The molecule has 196 valence electrons. The second kappa shape index (κ2) is 8.60. The zero-order chi connectivity index (χ0) is 26.8. The molecule has 0 saturated heterocycles. The van der Waals surface area contributed by atoms with Crippen LogP contribution in [0.3, 0.4) is 0 Å². The van der Waals surface area contributed by atoms with Crippen molar-refractivity contribution >= 4 is 16.6 Å². The molecule has 1 saturated carbocycles. The van der Waals surface area contributed by atoms with E-state index in [9.17, 15) is 17.6 Å². The molecule has 1 aliphatic carbocycles. The minimum absolute atomic E-state index is 0.0163. The van der Waals surface area contributed by atoms with Crippen LogP contribution in [-0.2, 0) is 6.54 Å². The van der Waals surface area contributed by atoms with Crippen molar-refractivity contribution in [2.24, 2.45) is 0 Å². The van der Waals surface area contributed by atoms with Crippen LogP contribution in [0, 0.1) is 11.6 Å². The van der Waals surface area contributed by atoms with Crippen LogP contribution in [0.1, 0.15) is 29.4 Å². The zero-order valence-electron chi connectivity index (χ0n) is 19.9. The van der Waals surface area contributed by atoms with Crippen molar-refractivity contribution in [1.82, 2.24) is 34.3 Å². The Morgan fingerprint density at radius 2 is 1.82 bits per heavy atom. The first kappa shape index (κ1) is 24.0. The van der Waals surface area contributed by atoms with Gasteiger partial charge in [-0.1, -0.05) is 0 Å². The number of halogens is 5. The van der Waals surface area contributed by atoms with E-state index in [0.717, 1.165) is 12.3 Å². The Bertz CT molecular complexity index is 1700. The average Bonchev–Trinajstić information content (AvgIpc) is 3.32. The first-order valence-corrected chi connectivity index (χ1v) is 11.4. The van der Waals surface area contributed by atoms with Crippen LogP contribution in [0.4, 0.5) is 22.0 Å². The highest BCUT2D eigenvalue weighted by atomic mass is 19.4. The van der Waals surface area contributed by atoms with Gasteiger partial charge in [0.15, 0.2) is 11.5 Å². The van der Waals surface area contributed by atoms with Crippen LogP contribution in [0.2, 0.25) is 0 Å². The number of rotatable bonds is 6. The van der Waals surface area contributed by atoms with Gasteiger partial charge in [-0.15, -0.1) is 0 Å². The second-order valence-corrected chi connectivity index (χ2v) is 8.85. The molecule has 1 aromatic carbocycles. The van der Waals surface area contributed by atoms with Gasteiger partial charge in [0.05, 0.1) is 37.1 Å². The normalized spacial score (nSPS) is 17.3. The van der Waals surface area contributed by atoms with Gasteiger partial charge in [0.1, 0.15) is 17.9 Å². The summed E-state index contributed by atoms with van der Waals surface area (Å²) in [6, 6.07) is 2.89. The summed E-state index contributed by atoms with van der Waals surface area (Å²) in [6.45, 7) is -1.53. The lowest BCUT2D eigenvalue weighted by atomic mass is 10.0. The van der Waals surface area contributed by atoms with Crippen LogP contribution in [-0.4, -0.2) is 54.7 Å². The largest absolute Gasteiger partial charge is 0.480 e. The van der Waals surface area contributed by atoms with Crippen molar-refractivity contribution in [1.29, 1.82) is 0 Å². The molecule has 38 heavy (non-hydrogen) atoms. The number of hydrogen-bond acceptors (Lipinski definition) is 7. The number of benzene rings is 1. The lowest BCUT2D eigenvalue weighted by molar-refractivity contribution is -0.141. The molecule has 1 fully saturated rings. The van der Waals surface area contributed by atoms with Gasteiger partial charge in [0.2, 0.25) is 5.88 Å². The number of nitrogens with zero attached hydrogens (tertiary/aromatic N) is 7. The highest BCUT2D eigenvalue weighted by Crippen LogP contribution is 2.57. The molecule has 4 aromatic heterocycles. The van der Waals surface area contributed by atoms with Crippen molar-refractivity contribution in [3.63, 3.8) is 0 Å². The molecule has 0 amide bonds. The molecular weight excluding hydrogens is 513 g/mol. The summed E-state index contributed by atoms with van der Waals surface area (Å²) in [5.41, 5.74) is 1.60. The first-order valence-electron chi connectivity index (χ1n) is 11.4. The molecule has 1 aliphatic rings. The number of aromatic nitrogens is 7. The number of alkyl halides is 3. The van der Waals surface area contributed by atoms with Gasteiger partial charge in [-0.2, -0.15) is 28.4 Å². The van der Waals surface area contributed by atoms with Crippen molar-refractivity contribution < 1.29 is 31.4 Å². The number of imidazole rings is 1. The standard InChI is InChI=1S/C24H18F5N7O2/c1-37-22-16(8-31-23(33-22)38-2)18-7-14(21-30-3-4-35(21)34-18)12-5-11(12)13-6-17(25)15-9-32-36(10-24(27,28)29)20(15)19(13)26/h3-4,6-9,11-12H,5,10H2,1-2H3/t11-,12?/m0/s1. The van der Waals surface area contributed by atoms with E-state index < -0.39 is 35.8 Å². The summed E-state index contributed by atoms with van der Waals surface area (Å²) >= 11 is 0. The molecule has 14 heteroatoms. The first-order chi connectivity index (χ1) is 18.2. The quantitative estimate of drug-likeness (QED) is 0.294. The lowest BCUT2D eigenvalue weighted by Gasteiger charge is -2.12. The van der Waals surface area contributed by atoms with Crippen LogP contribution in [0.15, 0.2) is 36.9 Å². The molecule has 6 rings (SSSR count). The van der Waals surface area contributed by atoms with Crippen LogP contribution in [0.25, 0.3) is 27.8 Å². The molecule has 5 aromatic rings. The van der Waals surface area contributed by atoms with Crippen molar-refractivity contribution in [3.8, 4) is 23.1 Å². The Kier molecular flexibility index (Phi) is 5.43. The van der Waals surface area contributed by atoms with Gasteiger partial charge in [-0.25, -0.2) is 23.3 Å². The van der Waals surface area contributed by atoms with Crippen LogP contribution < -0.4 is 9.47 Å². The van der Waals surface area contributed by atoms with E-state index in [1.165, 1.54) is 20.4 Å². The van der Waals surface area contributed by atoms with Gasteiger partial charge in [0, 0.05) is 24.2 Å². The summed E-state index contributed by atoms with van der Waals surface area (Å²) in [5, 5.41) is 7.82. The number of methoxy groups -OCH3 is 2. The van der Waals surface area contributed by atoms with Gasteiger partial charge >= 0.3 is 12.2 Å². The number of hydrogen-bond donors (Lipinski definition) is 0. The third kappa shape index (κ3) is 3.96. The fraction of sp³-hybridized carbons (Fsp3) is 0.292. The Morgan fingerprint density at radius 3 is 2.55 bits per heavy atom. The summed E-state index contributed by atoms with van der Waals surface area (Å²) in [7, 11) is 2.86. The van der Waals surface area contributed by atoms with Gasteiger partial charge in [-0.3, -0.25) is 4.68 Å². The topological polar surface area (TPSA) is 92.3 Å². The van der Waals surface area contributed by atoms with E-state index >= 15 is 4.39 Å². The Balaban J connectivity index is 1.43. The van der Waals surface area contributed by atoms with E-state index in [-0.39, 0.29) is 28.8 Å². The molecule has 1 unspecified atom stereocenters. The molecule has 0 N–H and O–H groups in total. The van der Waals surface area contributed by atoms with E-state index in [4.69, 9.17) is 9.47 Å². The van der Waals surface area contributed by atoms with E-state index in [1.807, 2.05) is 0 Å². The fourth-order valence-electron chi connectivity index (χ4n) is 4.77. The predicted molar refractivity (Wildman–Crippen MR) is 123 cm³/mol. The van der Waals surface area contributed by atoms with Crippen molar-refractivity contribution in [2.45, 2.75) is 31.0 Å². The number of fused-ring (bicyclic) bond motifs is 2. The average molecular weight is 531 g/mol. The van der Waals surface area contributed by atoms with Crippen LogP contribution >= 0.6 is 0 Å². The zero-order valence-corrected chi connectivity index (χ0v) is 19.9. The van der Waals surface area contributed by atoms with Crippen molar-refractivity contribution in [2.75, 3.05) is 14.2 Å². The monoisotopic (exact) mass is 531 g/mol. The summed E-state index contributed by atoms with van der Waals surface area (Å²) in [5.74, 6) is -2.32. The van der Waals surface area contributed by atoms with Gasteiger partial charge in [0.25, 0.3) is 0 Å². The van der Waals surface area contributed by atoms with Gasteiger partial charge < -0.3 is 9.47 Å². The number of ether oxygens (including phenoxy) is 2.